The molecule has 3 aromatic heterocycles. The normalized spacial score (nSPS) is 10.8. The Hall–Kier alpha value is -3.54. The summed E-state index contributed by atoms with van der Waals surface area (Å²) in [5, 5.41) is 0.624. The molecular formula is C20H14FN3O2. The van der Waals surface area contributed by atoms with Crippen molar-refractivity contribution in [2.45, 2.75) is 0 Å². The van der Waals surface area contributed by atoms with Gasteiger partial charge in [0.05, 0.1) is 12.7 Å². The van der Waals surface area contributed by atoms with Crippen LogP contribution in [0.15, 0.2) is 61.2 Å². The van der Waals surface area contributed by atoms with Crippen LogP contribution in [0.25, 0.3) is 22.2 Å². The van der Waals surface area contributed by atoms with Gasteiger partial charge in [-0.15, -0.1) is 0 Å². The molecule has 1 aromatic carbocycles. The number of nitrogens with one attached hydrogen (secondary N) is 1. The zero-order valence-corrected chi connectivity index (χ0v) is 13.9. The Kier molecular flexibility index (Phi) is 3.93. The van der Waals surface area contributed by atoms with Crippen molar-refractivity contribution in [1.29, 1.82) is 0 Å². The monoisotopic (exact) mass is 347 g/mol. The number of fused-ring (bicyclic) bond motifs is 1. The van der Waals surface area contributed by atoms with E-state index in [0.717, 1.165) is 11.1 Å². The summed E-state index contributed by atoms with van der Waals surface area (Å²) >= 11 is 0. The van der Waals surface area contributed by atoms with Crippen LogP contribution >= 0.6 is 0 Å². The fourth-order valence-corrected chi connectivity index (χ4v) is 2.83. The van der Waals surface area contributed by atoms with Crippen LogP contribution in [0.1, 0.15) is 15.9 Å². The first kappa shape index (κ1) is 16.0. The van der Waals surface area contributed by atoms with Crippen LogP contribution in [0.2, 0.25) is 0 Å². The molecule has 0 fully saturated rings. The number of aromatic amines is 1. The lowest BCUT2D eigenvalue weighted by atomic mass is 10.0. The highest BCUT2D eigenvalue weighted by Crippen LogP contribution is 2.27. The average molecular weight is 347 g/mol. The summed E-state index contributed by atoms with van der Waals surface area (Å²) in [5.74, 6) is -0.608. The summed E-state index contributed by atoms with van der Waals surface area (Å²) in [6, 6.07) is 9.68. The number of ether oxygens (including phenoxy) is 1. The highest BCUT2D eigenvalue weighted by Gasteiger charge is 2.19. The number of ketones is 1. The number of pyridine rings is 2. The average Bonchev–Trinajstić information content (AvgIpc) is 3.11. The van der Waals surface area contributed by atoms with Crippen LogP contribution < -0.4 is 4.74 Å². The third-order valence-corrected chi connectivity index (χ3v) is 4.19. The molecule has 0 unspecified atom stereocenters. The molecule has 6 heteroatoms. The topological polar surface area (TPSA) is 67.9 Å². The molecule has 4 aromatic rings. The van der Waals surface area contributed by atoms with E-state index >= 15 is 0 Å². The molecule has 0 radical (unpaired) electrons. The fourth-order valence-electron chi connectivity index (χ4n) is 2.83. The lowest BCUT2D eigenvalue weighted by molar-refractivity contribution is 0.103. The van der Waals surface area contributed by atoms with E-state index in [-0.39, 0.29) is 5.56 Å². The number of aromatic nitrogens is 3. The van der Waals surface area contributed by atoms with Crippen LogP contribution in [-0.4, -0.2) is 27.8 Å². The standard InChI is InChI=1S/C20H14FN3O2/c1-26-14-4-5-18(21)16(8-14)19(25)17-11-24-20-15(17)7-13(10-23-20)12-3-2-6-22-9-12/h2-11H,1H3,(H,23,24). The van der Waals surface area contributed by atoms with Crippen LogP contribution in [0, 0.1) is 5.82 Å². The molecule has 0 saturated carbocycles. The molecular weight excluding hydrogens is 333 g/mol. The Morgan fingerprint density at radius 2 is 2.00 bits per heavy atom. The molecule has 0 aliphatic carbocycles. The number of hydrogen-bond acceptors (Lipinski definition) is 4. The number of H-pyrrole nitrogens is 1. The van der Waals surface area contributed by atoms with Gasteiger partial charge in [0.25, 0.3) is 0 Å². The summed E-state index contributed by atoms with van der Waals surface area (Å²) in [4.78, 5) is 24.3. The van der Waals surface area contributed by atoms with E-state index in [1.54, 1.807) is 24.8 Å². The second-order valence-corrected chi connectivity index (χ2v) is 5.74. The Morgan fingerprint density at radius 1 is 1.12 bits per heavy atom. The van der Waals surface area contributed by atoms with Gasteiger partial charge in [-0.05, 0) is 30.3 Å². The largest absolute Gasteiger partial charge is 0.497 e. The van der Waals surface area contributed by atoms with E-state index in [1.165, 1.54) is 25.3 Å². The fraction of sp³-hybridized carbons (Fsp3) is 0.0500. The molecule has 0 saturated heterocycles. The molecule has 3 heterocycles. The molecule has 4 rings (SSSR count). The van der Waals surface area contributed by atoms with Gasteiger partial charge in [-0.3, -0.25) is 9.78 Å². The van der Waals surface area contributed by atoms with Crippen molar-refractivity contribution in [2.75, 3.05) is 7.11 Å². The van der Waals surface area contributed by atoms with E-state index in [9.17, 15) is 9.18 Å². The van der Waals surface area contributed by atoms with Gasteiger partial charge in [0.2, 0.25) is 0 Å². The molecule has 0 atom stereocenters. The first-order valence-electron chi connectivity index (χ1n) is 7.93. The Bertz CT molecular complexity index is 1110. The van der Waals surface area contributed by atoms with Crippen molar-refractivity contribution in [2.24, 2.45) is 0 Å². The van der Waals surface area contributed by atoms with E-state index in [1.807, 2.05) is 18.2 Å². The van der Waals surface area contributed by atoms with Crippen LogP contribution in [0.5, 0.6) is 5.75 Å². The second-order valence-electron chi connectivity index (χ2n) is 5.74. The third-order valence-electron chi connectivity index (χ3n) is 4.19. The molecule has 0 aliphatic rings. The number of hydrogen-bond donors (Lipinski definition) is 1. The smallest absolute Gasteiger partial charge is 0.198 e. The van der Waals surface area contributed by atoms with Crippen molar-refractivity contribution >= 4 is 16.8 Å². The van der Waals surface area contributed by atoms with E-state index < -0.39 is 11.6 Å². The quantitative estimate of drug-likeness (QED) is 0.567. The highest BCUT2D eigenvalue weighted by atomic mass is 19.1. The van der Waals surface area contributed by atoms with Gasteiger partial charge >= 0.3 is 0 Å². The van der Waals surface area contributed by atoms with Crippen LogP contribution in [0.3, 0.4) is 0 Å². The maximum Gasteiger partial charge on any atom is 0.198 e. The van der Waals surface area contributed by atoms with Gasteiger partial charge in [-0.2, -0.15) is 0 Å². The van der Waals surface area contributed by atoms with E-state index in [0.29, 0.717) is 22.3 Å². The van der Waals surface area contributed by atoms with E-state index in [4.69, 9.17) is 4.74 Å². The zero-order valence-electron chi connectivity index (χ0n) is 13.9. The van der Waals surface area contributed by atoms with Crippen molar-refractivity contribution in [1.82, 2.24) is 15.0 Å². The molecule has 26 heavy (non-hydrogen) atoms. The molecule has 0 spiro atoms. The predicted molar refractivity (Wildman–Crippen MR) is 95.7 cm³/mol. The number of halogens is 1. The predicted octanol–water partition coefficient (Wildman–Crippen LogP) is 4.00. The van der Waals surface area contributed by atoms with Gasteiger partial charge in [-0.1, -0.05) is 6.07 Å². The van der Waals surface area contributed by atoms with Gasteiger partial charge in [-0.25, -0.2) is 9.37 Å². The Balaban J connectivity index is 1.83. The molecule has 1 N–H and O–H groups in total. The summed E-state index contributed by atoms with van der Waals surface area (Å²) in [6.45, 7) is 0. The van der Waals surface area contributed by atoms with E-state index in [2.05, 4.69) is 15.0 Å². The second kappa shape index (κ2) is 6.40. The van der Waals surface area contributed by atoms with Gasteiger partial charge in [0.1, 0.15) is 17.2 Å². The first-order chi connectivity index (χ1) is 12.7. The number of carbonyl (C=O) groups excluding carboxylic acids is 1. The summed E-state index contributed by atoms with van der Waals surface area (Å²) in [6.07, 6.45) is 6.66. The number of nitrogens with zero attached hydrogens (tertiary/aromatic N) is 2. The SMILES string of the molecule is COc1ccc(F)c(C(=O)c2c[nH]c3ncc(-c4cccnc4)cc23)c1. The lowest BCUT2D eigenvalue weighted by Gasteiger charge is -2.06. The van der Waals surface area contributed by atoms with Gasteiger partial charge in [0.15, 0.2) is 5.78 Å². The number of carbonyl (C=O) groups is 1. The highest BCUT2D eigenvalue weighted by molar-refractivity contribution is 6.16. The molecule has 0 aliphatic heterocycles. The number of rotatable bonds is 4. The summed E-state index contributed by atoms with van der Waals surface area (Å²) in [5.41, 5.74) is 2.58. The maximum atomic E-state index is 14.2. The third kappa shape index (κ3) is 2.71. The molecule has 0 bridgehead atoms. The molecule has 5 nitrogen and oxygen atoms in total. The van der Waals surface area contributed by atoms with Crippen LogP contribution in [-0.2, 0) is 0 Å². The first-order valence-corrected chi connectivity index (χ1v) is 7.93. The maximum absolute atomic E-state index is 14.2. The number of benzene rings is 1. The van der Waals surface area contributed by atoms with Crippen molar-refractivity contribution < 1.29 is 13.9 Å². The lowest BCUT2D eigenvalue weighted by Crippen LogP contribution is -2.04. The van der Waals surface area contributed by atoms with Gasteiger partial charge in [0, 0.05) is 46.9 Å². The Morgan fingerprint density at radius 3 is 2.77 bits per heavy atom. The minimum absolute atomic E-state index is 0.0444. The Labute approximate surface area is 148 Å². The summed E-state index contributed by atoms with van der Waals surface area (Å²) in [7, 11) is 1.47. The van der Waals surface area contributed by atoms with Crippen LogP contribution in [0.4, 0.5) is 4.39 Å². The number of methoxy groups -OCH3 is 1. The minimum atomic E-state index is -0.596. The summed E-state index contributed by atoms with van der Waals surface area (Å²) < 4.78 is 19.3. The van der Waals surface area contributed by atoms with Crippen molar-refractivity contribution in [3.8, 4) is 16.9 Å². The molecule has 0 amide bonds. The van der Waals surface area contributed by atoms with Crippen molar-refractivity contribution in [3.63, 3.8) is 0 Å². The van der Waals surface area contributed by atoms with Gasteiger partial charge < -0.3 is 9.72 Å². The van der Waals surface area contributed by atoms with Crippen molar-refractivity contribution in [3.05, 3.63) is 78.1 Å². The molecule has 128 valence electrons. The minimum Gasteiger partial charge on any atom is -0.497 e. The zero-order chi connectivity index (χ0) is 18.1.